The van der Waals surface area contributed by atoms with Gasteiger partial charge in [0.25, 0.3) is 0 Å². The van der Waals surface area contributed by atoms with E-state index in [1.165, 1.54) is 93.6 Å². The fourth-order valence-corrected chi connectivity index (χ4v) is 11.7. The highest BCUT2D eigenvalue weighted by Gasteiger charge is 2.46. The zero-order valence-electron chi connectivity index (χ0n) is 38.6. The van der Waals surface area contributed by atoms with Crippen molar-refractivity contribution in [1.82, 2.24) is 9.13 Å². The second-order valence-corrected chi connectivity index (χ2v) is 20.9. The zero-order valence-corrected chi connectivity index (χ0v) is 38.6. The van der Waals surface area contributed by atoms with Crippen molar-refractivity contribution in [1.29, 1.82) is 0 Å². The third kappa shape index (κ3) is 5.37. The molecular weight excluding hydrogens is 814 g/mol. The number of furan rings is 1. The monoisotopic (exact) mass is 861 g/mol. The van der Waals surface area contributed by atoms with Gasteiger partial charge in [0.2, 0.25) is 0 Å². The molecule has 4 nitrogen and oxygen atoms in total. The first kappa shape index (κ1) is 38.5. The SMILES string of the molecule is CC(C)(C)c1ccc2c(c1)c1cc(C(C)(C)C)cc3c1n2-c1cc2c(oc4ccccc42)c2c1B3N(c1ccc(-c3ccccc3)cc1)c1cc3c(cc1-2)c1ccccc1n3-c1ccccc1. The third-order valence-corrected chi connectivity index (χ3v) is 15.0. The highest BCUT2D eigenvalue weighted by molar-refractivity contribution is 6.94. The maximum atomic E-state index is 7.19. The van der Waals surface area contributed by atoms with Gasteiger partial charge >= 0.3 is 6.85 Å². The third-order valence-electron chi connectivity index (χ3n) is 15.0. The molecular formula is C62H48BN3O. The number of anilines is 2. The molecule has 67 heavy (non-hydrogen) atoms. The molecule has 3 aromatic heterocycles. The van der Waals surface area contributed by atoms with E-state index in [1.807, 2.05) is 0 Å². The molecule has 2 aliphatic rings. The zero-order chi connectivity index (χ0) is 45.1. The molecule has 0 spiro atoms. The maximum absolute atomic E-state index is 7.19. The second kappa shape index (κ2) is 13.4. The van der Waals surface area contributed by atoms with Crippen LogP contribution < -0.4 is 15.7 Å². The molecule has 0 N–H and O–H groups in total. The molecule has 0 bridgehead atoms. The van der Waals surface area contributed by atoms with Gasteiger partial charge in [-0.05, 0) is 117 Å². The van der Waals surface area contributed by atoms with Gasteiger partial charge in [-0.1, -0.05) is 151 Å². The molecule has 320 valence electrons. The minimum absolute atomic E-state index is 0.0112. The Balaban J connectivity index is 1.19. The number of rotatable bonds is 3. The van der Waals surface area contributed by atoms with Crippen molar-refractivity contribution in [2.75, 3.05) is 4.81 Å². The van der Waals surface area contributed by atoms with Gasteiger partial charge in [-0.25, -0.2) is 0 Å². The predicted octanol–water partition coefficient (Wildman–Crippen LogP) is 15.3. The fourth-order valence-electron chi connectivity index (χ4n) is 11.7. The number of fused-ring (bicyclic) bond motifs is 14. The van der Waals surface area contributed by atoms with E-state index in [1.54, 1.807) is 0 Å². The number of nitrogens with zero attached hydrogens (tertiary/aromatic N) is 3. The lowest BCUT2D eigenvalue weighted by Gasteiger charge is -2.42. The van der Waals surface area contributed by atoms with E-state index in [2.05, 4.69) is 237 Å². The topological polar surface area (TPSA) is 26.2 Å². The van der Waals surface area contributed by atoms with Gasteiger partial charge in [0.05, 0.1) is 22.1 Å². The maximum Gasteiger partial charge on any atom is 0.333 e. The highest BCUT2D eigenvalue weighted by Crippen LogP contribution is 2.51. The lowest BCUT2D eigenvalue weighted by Crippen LogP contribution is -2.60. The number of hydrogen-bond acceptors (Lipinski definition) is 2. The largest absolute Gasteiger partial charge is 0.455 e. The normalized spacial score (nSPS) is 13.5. The van der Waals surface area contributed by atoms with Crippen LogP contribution in [-0.2, 0) is 10.8 Å². The Morgan fingerprint density at radius 2 is 1.07 bits per heavy atom. The number of aromatic nitrogens is 2. The van der Waals surface area contributed by atoms with Crippen LogP contribution in [-0.4, -0.2) is 16.0 Å². The Labute approximate surface area is 390 Å². The van der Waals surface area contributed by atoms with Gasteiger partial charge in [0.15, 0.2) is 0 Å². The summed E-state index contributed by atoms with van der Waals surface area (Å²) in [6, 6.07) is 68.0. The van der Waals surface area contributed by atoms with Crippen molar-refractivity contribution in [3.8, 4) is 33.6 Å². The number of hydrogen-bond donors (Lipinski definition) is 0. The average molecular weight is 862 g/mol. The molecule has 0 atom stereocenters. The molecule has 0 amide bonds. The summed E-state index contributed by atoms with van der Waals surface area (Å²) in [6.45, 7) is 13.9. The molecule has 0 fully saturated rings. The van der Waals surface area contributed by atoms with Crippen LogP contribution in [0, 0.1) is 0 Å². The van der Waals surface area contributed by atoms with Crippen LogP contribution in [0.1, 0.15) is 52.7 Å². The lowest BCUT2D eigenvalue weighted by atomic mass is 9.43. The van der Waals surface area contributed by atoms with E-state index in [0.29, 0.717) is 0 Å². The van der Waals surface area contributed by atoms with Crippen molar-refractivity contribution in [3.05, 3.63) is 193 Å². The van der Waals surface area contributed by atoms with Gasteiger partial charge in [0.1, 0.15) is 11.2 Å². The van der Waals surface area contributed by atoms with Crippen LogP contribution in [0.15, 0.2) is 186 Å². The summed E-state index contributed by atoms with van der Waals surface area (Å²) in [7, 11) is 0. The molecule has 9 aromatic carbocycles. The first-order valence-electron chi connectivity index (χ1n) is 23.7. The van der Waals surface area contributed by atoms with Crippen LogP contribution >= 0.6 is 0 Å². The summed E-state index contributed by atoms with van der Waals surface area (Å²) in [6.07, 6.45) is 0. The summed E-state index contributed by atoms with van der Waals surface area (Å²) in [4.78, 5) is 2.67. The Hall–Kier alpha value is -7.76. The van der Waals surface area contributed by atoms with Crippen LogP contribution in [0.2, 0.25) is 0 Å². The van der Waals surface area contributed by atoms with Gasteiger partial charge in [-0.3, -0.25) is 0 Å². The standard InChI is InChI=1S/C62H48BN3O/c1-61(2,3)39-27-30-52-45(31-39)47-32-40(62(4,5)6)33-50-59(47)65(52)55-35-48-44-22-14-16-24-56(44)67-60(48)57-49-34-46-43-21-13-15-23-51(43)64(41-19-11-8-12-20-41)53(46)36-54(49)66(63(50)58(55)57)42-28-25-38(26-29-42)37-17-9-7-10-18-37/h7-36H,1-6H3. The summed E-state index contributed by atoms with van der Waals surface area (Å²) in [5, 5.41) is 7.31. The molecule has 0 unspecified atom stereocenters. The quantitative estimate of drug-likeness (QED) is 0.165. The average Bonchev–Trinajstić information content (AvgIpc) is 3.99. The molecule has 5 heterocycles. The molecule has 0 radical (unpaired) electrons. The van der Waals surface area contributed by atoms with Gasteiger partial charge in [-0.15, -0.1) is 0 Å². The van der Waals surface area contributed by atoms with Crippen molar-refractivity contribution in [2.45, 2.75) is 52.4 Å². The van der Waals surface area contributed by atoms with Crippen LogP contribution in [0.25, 0.3) is 99.2 Å². The predicted molar refractivity (Wildman–Crippen MR) is 284 cm³/mol. The minimum atomic E-state index is -0.187. The Bertz CT molecular complexity index is 4050. The Morgan fingerprint density at radius 3 is 1.84 bits per heavy atom. The van der Waals surface area contributed by atoms with Crippen molar-refractivity contribution in [3.63, 3.8) is 0 Å². The summed E-state index contributed by atoms with van der Waals surface area (Å²) < 4.78 is 12.2. The molecule has 12 aromatic rings. The number of para-hydroxylation sites is 3. The Kier molecular flexibility index (Phi) is 7.71. The van der Waals surface area contributed by atoms with Crippen molar-refractivity contribution in [2.24, 2.45) is 0 Å². The van der Waals surface area contributed by atoms with Gasteiger partial charge in [0, 0.05) is 66.2 Å². The van der Waals surface area contributed by atoms with E-state index < -0.39 is 0 Å². The molecule has 14 rings (SSSR count). The molecule has 0 saturated carbocycles. The van der Waals surface area contributed by atoms with Crippen molar-refractivity contribution >= 4 is 94.7 Å². The van der Waals surface area contributed by atoms with E-state index >= 15 is 0 Å². The molecule has 0 saturated heterocycles. The highest BCUT2D eigenvalue weighted by atomic mass is 16.3. The van der Waals surface area contributed by atoms with Gasteiger partial charge < -0.3 is 18.4 Å². The first-order chi connectivity index (χ1) is 32.5. The van der Waals surface area contributed by atoms with E-state index in [9.17, 15) is 0 Å². The van der Waals surface area contributed by atoms with Crippen LogP contribution in [0.3, 0.4) is 0 Å². The van der Waals surface area contributed by atoms with E-state index in [4.69, 9.17) is 4.42 Å². The summed E-state index contributed by atoms with van der Waals surface area (Å²) >= 11 is 0. The Morgan fingerprint density at radius 1 is 0.433 bits per heavy atom. The van der Waals surface area contributed by atoms with E-state index in [-0.39, 0.29) is 17.7 Å². The van der Waals surface area contributed by atoms with Crippen molar-refractivity contribution < 1.29 is 4.42 Å². The fraction of sp³-hybridized carbons (Fsp3) is 0.129. The minimum Gasteiger partial charge on any atom is -0.455 e. The smallest absolute Gasteiger partial charge is 0.333 e. The lowest BCUT2D eigenvalue weighted by molar-refractivity contribution is 0.590. The summed E-state index contributed by atoms with van der Waals surface area (Å²) in [5.74, 6) is 0. The first-order valence-corrected chi connectivity index (χ1v) is 23.7. The molecule has 0 aliphatic carbocycles. The van der Waals surface area contributed by atoms with Crippen LogP contribution in [0.5, 0.6) is 0 Å². The van der Waals surface area contributed by atoms with Gasteiger partial charge in [-0.2, -0.15) is 0 Å². The second-order valence-electron chi connectivity index (χ2n) is 20.9. The van der Waals surface area contributed by atoms with Crippen LogP contribution in [0.4, 0.5) is 11.4 Å². The molecule has 5 heteroatoms. The summed E-state index contributed by atoms with van der Waals surface area (Å²) in [5.41, 5.74) is 21.2. The number of benzene rings is 9. The molecule has 2 aliphatic heterocycles. The van der Waals surface area contributed by atoms with E-state index in [0.717, 1.165) is 39.0 Å².